The van der Waals surface area contributed by atoms with E-state index in [2.05, 4.69) is 10.3 Å². The van der Waals surface area contributed by atoms with Crippen LogP contribution in [0.1, 0.15) is 41.5 Å². The van der Waals surface area contributed by atoms with Crippen LogP contribution in [0.15, 0.2) is 42.5 Å². The lowest BCUT2D eigenvalue weighted by molar-refractivity contribution is 0.0935. The summed E-state index contributed by atoms with van der Waals surface area (Å²) in [5.74, 6) is 0.615. The van der Waals surface area contributed by atoms with E-state index in [4.69, 9.17) is 16.3 Å². The molecule has 1 aromatic heterocycles. The van der Waals surface area contributed by atoms with Gasteiger partial charge in [-0.1, -0.05) is 41.4 Å². The molecular formula is C20H21ClN2O2. The fourth-order valence-corrected chi connectivity index (χ4v) is 3.12. The lowest BCUT2D eigenvalue weighted by atomic mass is 10.0. The van der Waals surface area contributed by atoms with E-state index in [1.54, 1.807) is 6.07 Å². The van der Waals surface area contributed by atoms with Gasteiger partial charge in [0.25, 0.3) is 5.91 Å². The normalized spacial score (nSPS) is 12.2. The molecule has 0 aliphatic heterocycles. The molecule has 1 atom stereocenters. The molecule has 1 heterocycles. The summed E-state index contributed by atoms with van der Waals surface area (Å²) < 4.78 is 5.69. The number of nitrogens with one attached hydrogen (secondary N) is 2. The zero-order valence-electron chi connectivity index (χ0n) is 14.5. The topological polar surface area (TPSA) is 54.1 Å². The van der Waals surface area contributed by atoms with E-state index < -0.39 is 0 Å². The smallest absolute Gasteiger partial charge is 0.268 e. The summed E-state index contributed by atoms with van der Waals surface area (Å²) in [4.78, 5) is 15.7. The van der Waals surface area contributed by atoms with Crippen molar-refractivity contribution in [3.05, 3.63) is 64.3 Å². The summed E-state index contributed by atoms with van der Waals surface area (Å²) in [6.07, 6.45) is 0. The number of fused-ring (bicyclic) bond motifs is 1. The number of carbonyl (C=O) groups excluding carboxylic acids is 1. The largest absolute Gasteiger partial charge is 0.494 e. The molecule has 0 bridgehead atoms. The highest BCUT2D eigenvalue weighted by Crippen LogP contribution is 2.27. The summed E-state index contributed by atoms with van der Waals surface area (Å²) in [6.45, 7) is 6.50. The number of ether oxygens (including phenoxy) is 1. The summed E-state index contributed by atoms with van der Waals surface area (Å²) in [5.41, 5.74) is 3.34. The average molecular weight is 357 g/mol. The van der Waals surface area contributed by atoms with Gasteiger partial charge in [-0.2, -0.15) is 0 Å². The minimum absolute atomic E-state index is 0.177. The van der Waals surface area contributed by atoms with Gasteiger partial charge >= 0.3 is 0 Å². The van der Waals surface area contributed by atoms with Crippen LogP contribution in [-0.4, -0.2) is 17.5 Å². The van der Waals surface area contributed by atoms with Crippen molar-refractivity contribution in [2.45, 2.75) is 26.8 Å². The highest BCUT2D eigenvalue weighted by Gasteiger charge is 2.17. The Labute approximate surface area is 152 Å². The Balaban J connectivity index is 1.84. The van der Waals surface area contributed by atoms with Crippen molar-refractivity contribution < 1.29 is 9.53 Å². The molecule has 3 rings (SSSR count). The standard InChI is InChI=1S/C20H21ClN2O2/c1-4-25-18-9-8-12(2)10-15(18)13(3)22-20(24)17-11-14-6-5-7-16(21)19(14)23-17/h5-11,13,23H,4H2,1-3H3,(H,22,24). The minimum atomic E-state index is -0.184. The number of aryl methyl sites for hydroxylation is 1. The molecule has 5 heteroatoms. The van der Waals surface area contributed by atoms with Gasteiger partial charge in [-0.05, 0) is 39.0 Å². The maximum absolute atomic E-state index is 12.6. The van der Waals surface area contributed by atoms with Crippen molar-refractivity contribution in [3.8, 4) is 5.75 Å². The van der Waals surface area contributed by atoms with Crippen LogP contribution in [-0.2, 0) is 0 Å². The Morgan fingerprint density at radius 2 is 2.08 bits per heavy atom. The molecule has 4 nitrogen and oxygen atoms in total. The maximum atomic E-state index is 12.6. The van der Waals surface area contributed by atoms with Gasteiger partial charge in [0.15, 0.2) is 0 Å². The first kappa shape index (κ1) is 17.4. The van der Waals surface area contributed by atoms with Gasteiger partial charge in [0.2, 0.25) is 0 Å². The maximum Gasteiger partial charge on any atom is 0.268 e. The van der Waals surface area contributed by atoms with Crippen LogP contribution in [0.5, 0.6) is 5.75 Å². The molecule has 130 valence electrons. The number of aromatic amines is 1. The van der Waals surface area contributed by atoms with Gasteiger partial charge < -0.3 is 15.0 Å². The molecule has 2 aromatic carbocycles. The summed E-state index contributed by atoms with van der Waals surface area (Å²) in [5, 5.41) is 4.54. The third-order valence-electron chi connectivity index (χ3n) is 4.13. The van der Waals surface area contributed by atoms with Gasteiger partial charge in [-0.25, -0.2) is 0 Å². The van der Waals surface area contributed by atoms with Gasteiger partial charge in [0.05, 0.1) is 23.2 Å². The second kappa shape index (κ2) is 7.19. The fourth-order valence-electron chi connectivity index (χ4n) is 2.89. The van der Waals surface area contributed by atoms with Gasteiger partial charge in [-0.15, -0.1) is 0 Å². The summed E-state index contributed by atoms with van der Waals surface area (Å²) >= 11 is 6.17. The Kier molecular flexibility index (Phi) is 5.00. The van der Waals surface area contributed by atoms with Crippen molar-refractivity contribution in [2.24, 2.45) is 0 Å². The Bertz CT molecular complexity index is 917. The molecule has 0 saturated carbocycles. The first-order valence-corrected chi connectivity index (χ1v) is 8.69. The Morgan fingerprint density at radius 1 is 1.28 bits per heavy atom. The Morgan fingerprint density at radius 3 is 2.80 bits per heavy atom. The second-order valence-electron chi connectivity index (χ2n) is 6.06. The average Bonchev–Trinajstić information content (AvgIpc) is 3.02. The molecule has 1 unspecified atom stereocenters. The molecule has 0 radical (unpaired) electrons. The van der Waals surface area contributed by atoms with E-state index in [9.17, 15) is 4.79 Å². The third kappa shape index (κ3) is 3.64. The predicted molar refractivity (Wildman–Crippen MR) is 102 cm³/mol. The number of para-hydroxylation sites is 1. The highest BCUT2D eigenvalue weighted by atomic mass is 35.5. The molecular weight excluding hydrogens is 336 g/mol. The van der Waals surface area contributed by atoms with E-state index >= 15 is 0 Å². The fraction of sp³-hybridized carbons (Fsp3) is 0.250. The number of H-pyrrole nitrogens is 1. The van der Waals surface area contributed by atoms with Gasteiger partial charge in [0, 0.05) is 10.9 Å². The number of benzene rings is 2. The number of hydrogen-bond donors (Lipinski definition) is 2. The highest BCUT2D eigenvalue weighted by molar-refractivity contribution is 6.35. The Hall–Kier alpha value is -2.46. The number of aromatic nitrogens is 1. The summed E-state index contributed by atoms with van der Waals surface area (Å²) in [7, 11) is 0. The van der Waals surface area contributed by atoms with Crippen molar-refractivity contribution in [2.75, 3.05) is 6.61 Å². The molecule has 0 fully saturated rings. The molecule has 3 aromatic rings. The van der Waals surface area contributed by atoms with Crippen LogP contribution < -0.4 is 10.1 Å². The van der Waals surface area contributed by atoms with Gasteiger partial charge in [0.1, 0.15) is 11.4 Å². The minimum Gasteiger partial charge on any atom is -0.494 e. The monoisotopic (exact) mass is 356 g/mol. The lowest BCUT2D eigenvalue weighted by Crippen LogP contribution is -2.27. The van der Waals surface area contributed by atoms with Crippen molar-refractivity contribution in [3.63, 3.8) is 0 Å². The number of carbonyl (C=O) groups is 1. The number of hydrogen-bond acceptors (Lipinski definition) is 2. The van der Waals surface area contributed by atoms with Gasteiger partial charge in [-0.3, -0.25) is 4.79 Å². The molecule has 0 saturated heterocycles. The molecule has 2 N–H and O–H groups in total. The zero-order chi connectivity index (χ0) is 18.0. The molecule has 25 heavy (non-hydrogen) atoms. The van der Waals surface area contributed by atoms with Crippen molar-refractivity contribution in [1.82, 2.24) is 10.3 Å². The van der Waals surface area contributed by atoms with E-state index in [0.29, 0.717) is 17.3 Å². The molecule has 1 amide bonds. The number of rotatable bonds is 5. The van der Waals surface area contributed by atoms with E-state index in [-0.39, 0.29) is 11.9 Å². The van der Waals surface area contributed by atoms with Crippen LogP contribution in [0.2, 0.25) is 5.02 Å². The first-order valence-electron chi connectivity index (χ1n) is 8.31. The van der Waals surface area contributed by atoms with Crippen LogP contribution in [0.25, 0.3) is 10.9 Å². The first-order chi connectivity index (χ1) is 12.0. The van der Waals surface area contributed by atoms with Crippen LogP contribution >= 0.6 is 11.6 Å². The second-order valence-corrected chi connectivity index (χ2v) is 6.46. The lowest BCUT2D eigenvalue weighted by Gasteiger charge is -2.18. The van der Waals surface area contributed by atoms with Crippen molar-refractivity contribution >= 4 is 28.4 Å². The predicted octanol–water partition coefficient (Wildman–Crippen LogP) is 5.02. The van der Waals surface area contributed by atoms with Crippen molar-refractivity contribution in [1.29, 1.82) is 0 Å². The zero-order valence-corrected chi connectivity index (χ0v) is 15.3. The van der Waals surface area contributed by atoms with E-state index in [0.717, 1.165) is 27.8 Å². The van der Waals surface area contributed by atoms with Crippen LogP contribution in [0.3, 0.4) is 0 Å². The molecule has 0 spiro atoms. The van der Waals surface area contributed by atoms with E-state index in [1.165, 1.54) is 0 Å². The molecule has 0 aliphatic rings. The third-order valence-corrected chi connectivity index (χ3v) is 4.44. The van der Waals surface area contributed by atoms with Crippen LogP contribution in [0.4, 0.5) is 0 Å². The molecule has 0 aliphatic carbocycles. The summed E-state index contributed by atoms with van der Waals surface area (Å²) in [6, 6.07) is 13.2. The van der Waals surface area contributed by atoms with Crippen LogP contribution in [0, 0.1) is 6.92 Å². The quantitative estimate of drug-likeness (QED) is 0.674. The number of halogens is 1. The SMILES string of the molecule is CCOc1ccc(C)cc1C(C)NC(=O)c1cc2cccc(Cl)c2[nH]1. The number of amides is 1. The van der Waals surface area contributed by atoms with E-state index in [1.807, 2.05) is 57.2 Å².